The van der Waals surface area contributed by atoms with E-state index in [9.17, 15) is 5.11 Å². The molecule has 0 aromatic carbocycles. The van der Waals surface area contributed by atoms with Gasteiger partial charge in [-0.05, 0) is 45.1 Å². The number of aliphatic hydroxyl groups excluding tert-OH is 1. The van der Waals surface area contributed by atoms with Crippen molar-refractivity contribution in [2.75, 3.05) is 19.7 Å². The Hall–Kier alpha value is -0.160. The molecular weight excluding hydrogens is 240 g/mol. The molecule has 19 heavy (non-hydrogen) atoms. The van der Waals surface area contributed by atoms with Gasteiger partial charge in [0.15, 0.2) is 0 Å². The second kappa shape index (κ2) is 7.02. The normalized spacial score (nSPS) is 35.8. The summed E-state index contributed by atoms with van der Waals surface area (Å²) in [6.45, 7) is 3.15. The molecular formula is C15H30N2O2. The van der Waals surface area contributed by atoms with Crippen LogP contribution in [0.4, 0.5) is 0 Å². The van der Waals surface area contributed by atoms with Crippen LogP contribution in [-0.4, -0.2) is 47.6 Å². The van der Waals surface area contributed by atoms with Crippen LogP contribution in [0.15, 0.2) is 0 Å². The van der Waals surface area contributed by atoms with Crippen LogP contribution in [0.2, 0.25) is 0 Å². The van der Waals surface area contributed by atoms with E-state index >= 15 is 0 Å². The Bertz CT molecular complexity index is 265. The molecule has 2 rings (SSSR count). The average molecular weight is 270 g/mol. The molecule has 2 fully saturated rings. The SMILES string of the molecule is CC(O)(CO)CNC1CCCCC1C1CCCCN1. The van der Waals surface area contributed by atoms with Crippen molar-refractivity contribution >= 4 is 0 Å². The zero-order chi connectivity index (χ0) is 13.7. The molecule has 1 aliphatic heterocycles. The third-order valence-corrected chi connectivity index (χ3v) is 4.77. The molecule has 4 N–H and O–H groups in total. The molecule has 1 aliphatic carbocycles. The van der Waals surface area contributed by atoms with Gasteiger partial charge < -0.3 is 20.8 Å². The van der Waals surface area contributed by atoms with Crippen molar-refractivity contribution in [2.24, 2.45) is 5.92 Å². The van der Waals surface area contributed by atoms with Crippen LogP contribution in [0, 0.1) is 5.92 Å². The Kier molecular flexibility index (Phi) is 5.63. The minimum absolute atomic E-state index is 0.181. The lowest BCUT2D eigenvalue weighted by atomic mass is 9.77. The summed E-state index contributed by atoms with van der Waals surface area (Å²) in [6, 6.07) is 1.13. The van der Waals surface area contributed by atoms with E-state index in [1.54, 1.807) is 6.92 Å². The highest BCUT2D eigenvalue weighted by atomic mass is 16.3. The fourth-order valence-corrected chi connectivity index (χ4v) is 3.55. The van der Waals surface area contributed by atoms with E-state index < -0.39 is 5.60 Å². The van der Waals surface area contributed by atoms with Crippen LogP contribution in [0.3, 0.4) is 0 Å². The van der Waals surface area contributed by atoms with Crippen molar-refractivity contribution in [3.8, 4) is 0 Å². The second-order valence-electron chi connectivity index (χ2n) is 6.65. The lowest BCUT2D eigenvalue weighted by Gasteiger charge is -2.40. The number of hydrogen-bond acceptors (Lipinski definition) is 4. The molecule has 4 unspecified atom stereocenters. The first-order valence-electron chi connectivity index (χ1n) is 7.92. The standard InChI is InChI=1S/C15H30N2O2/c1-15(19,11-18)10-17-14-7-3-2-6-12(14)13-8-4-5-9-16-13/h12-14,16-19H,2-11H2,1H3. The predicted octanol–water partition coefficient (Wildman–Crippen LogP) is 1.02. The monoisotopic (exact) mass is 270 g/mol. The number of piperidine rings is 1. The molecule has 0 aromatic rings. The molecule has 4 atom stereocenters. The highest BCUT2D eigenvalue weighted by Crippen LogP contribution is 2.30. The third kappa shape index (κ3) is 4.42. The molecule has 4 heteroatoms. The van der Waals surface area contributed by atoms with E-state index in [4.69, 9.17) is 5.11 Å². The van der Waals surface area contributed by atoms with Gasteiger partial charge in [0.05, 0.1) is 12.2 Å². The molecule has 1 heterocycles. The lowest BCUT2D eigenvalue weighted by Crippen LogP contribution is -2.53. The van der Waals surface area contributed by atoms with Gasteiger partial charge in [-0.2, -0.15) is 0 Å². The maximum Gasteiger partial charge on any atom is 0.0972 e. The lowest BCUT2D eigenvalue weighted by molar-refractivity contribution is -0.00295. The van der Waals surface area contributed by atoms with Crippen molar-refractivity contribution in [3.63, 3.8) is 0 Å². The summed E-state index contributed by atoms with van der Waals surface area (Å²) in [5.41, 5.74) is -0.998. The van der Waals surface area contributed by atoms with Crippen molar-refractivity contribution < 1.29 is 10.2 Å². The molecule has 4 nitrogen and oxygen atoms in total. The van der Waals surface area contributed by atoms with Gasteiger partial charge in [0.1, 0.15) is 0 Å². The van der Waals surface area contributed by atoms with E-state index in [-0.39, 0.29) is 6.61 Å². The first-order chi connectivity index (χ1) is 9.12. The summed E-state index contributed by atoms with van der Waals surface area (Å²) < 4.78 is 0. The minimum Gasteiger partial charge on any atom is -0.393 e. The largest absolute Gasteiger partial charge is 0.393 e. The molecule has 1 saturated carbocycles. The Balaban J connectivity index is 1.88. The Morgan fingerprint density at radius 1 is 1.16 bits per heavy atom. The van der Waals surface area contributed by atoms with Crippen molar-refractivity contribution in [1.29, 1.82) is 0 Å². The Labute approximate surface area is 117 Å². The zero-order valence-corrected chi connectivity index (χ0v) is 12.2. The highest BCUT2D eigenvalue weighted by Gasteiger charge is 2.33. The molecule has 1 saturated heterocycles. The van der Waals surface area contributed by atoms with Crippen molar-refractivity contribution in [2.45, 2.75) is 69.6 Å². The summed E-state index contributed by atoms with van der Waals surface area (Å²) >= 11 is 0. The molecule has 112 valence electrons. The Morgan fingerprint density at radius 2 is 1.89 bits per heavy atom. The molecule has 0 bridgehead atoms. The van der Waals surface area contributed by atoms with Gasteiger partial charge in [0.25, 0.3) is 0 Å². The average Bonchev–Trinajstić information content (AvgIpc) is 2.46. The van der Waals surface area contributed by atoms with E-state index in [0.717, 1.165) is 6.54 Å². The quantitative estimate of drug-likeness (QED) is 0.602. The van der Waals surface area contributed by atoms with E-state index in [1.165, 1.54) is 44.9 Å². The van der Waals surface area contributed by atoms with Crippen LogP contribution in [-0.2, 0) is 0 Å². The van der Waals surface area contributed by atoms with Crippen LogP contribution in [0.5, 0.6) is 0 Å². The zero-order valence-electron chi connectivity index (χ0n) is 12.2. The topological polar surface area (TPSA) is 64.5 Å². The van der Waals surface area contributed by atoms with Gasteiger partial charge >= 0.3 is 0 Å². The molecule has 2 aliphatic rings. The van der Waals surface area contributed by atoms with Gasteiger partial charge in [-0.25, -0.2) is 0 Å². The first kappa shape index (κ1) is 15.2. The summed E-state index contributed by atoms with van der Waals surface area (Å²) in [7, 11) is 0. The maximum absolute atomic E-state index is 9.92. The third-order valence-electron chi connectivity index (χ3n) is 4.77. The van der Waals surface area contributed by atoms with Crippen LogP contribution in [0.1, 0.15) is 51.9 Å². The summed E-state index contributed by atoms with van der Waals surface area (Å²) in [4.78, 5) is 0. The molecule has 0 radical (unpaired) electrons. The van der Waals surface area contributed by atoms with Gasteiger partial charge in [0, 0.05) is 18.6 Å². The van der Waals surface area contributed by atoms with Gasteiger partial charge in [-0.1, -0.05) is 19.3 Å². The van der Waals surface area contributed by atoms with Crippen molar-refractivity contribution in [1.82, 2.24) is 10.6 Å². The van der Waals surface area contributed by atoms with Crippen molar-refractivity contribution in [3.05, 3.63) is 0 Å². The summed E-state index contributed by atoms with van der Waals surface area (Å²) in [5, 5.41) is 26.2. The van der Waals surface area contributed by atoms with Crippen LogP contribution >= 0.6 is 0 Å². The van der Waals surface area contributed by atoms with E-state index in [2.05, 4.69) is 10.6 Å². The molecule has 0 amide bonds. The van der Waals surface area contributed by atoms with Gasteiger partial charge in [0.2, 0.25) is 0 Å². The van der Waals surface area contributed by atoms with Crippen LogP contribution < -0.4 is 10.6 Å². The summed E-state index contributed by atoms with van der Waals surface area (Å²) in [6.07, 6.45) is 9.04. The molecule has 0 spiro atoms. The predicted molar refractivity (Wildman–Crippen MR) is 77.1 cm³/mol. The molecule has 0 aromatic heterocycles. The Morgan fingerprint density at radius 3 is 2.58 bits per heavy atom. The number of nitrogens with one attached hydrogen (secondary N) is 2. The van der Waals surface area contributed by atoms with Gasteiger partial charge in [-0.15, -0.1) is 0 Å². The second-order valence-corrected chi connectivity index (χ2v) is 6.65. The summed E-state index contributed by atoms with van der Waals surface area (Å²) in [5.74, 6) is 0.684. The smallest absolute Gasteiger partial charge is 0.0972 e. The van der Waals surface area contributed by atoms with Gasteiger partial charge in [-0.3, -0.25) is 0 Å². The van der Waals surface area contributed by atoms with Crippen LogP contribution in [0.25, 0.3) is 0 Å². The fourth-order valence-electron chi connectivity index (χ4n) is 3.55. The number of hydrogen-bond donors (Lipinski definition) is 4. The number of rotatable bonds is 5. The minimum atomic E-state index is -0.998. The maximum atomic E-state index is 9.92. The van der Waals surface area contributed by atoms with E-state index in [1.807, 2.05) is 0 Å². The highest BCUT2D eigenvalue weighted by molar-refractivity contribution is 4.91. The fraction of sp³-hybridized carbons (Fsp3) is 1.00. The van der Waals surface area contributed by atoms with E-state index in [0.29, 0.717) is 24.5 Å². The number of aliphatic hydroxyl groups is 2. The first-order valence-corrected chi connectivity index (χ1v) is 7.92.